The third kappa shape index (κ3) is 6.93. The van der Waals surface area contributed by atoms with Crippen LogP contribution in [0, 0.1) is 0 Å². The molecule has 0 amide bonds. The standard InChI is InChI=1S/C7H10O4.Ba.2H/c1-3-11-6(8)4-5(2)7(9)10;;;/h2-4H2,1H3,(H,9,10);;;/q;+2;2*-1. The summed E-state index contributed by atoms with van der Waals surface area (Å²) in [5.74, 6) is -1.72. The molecule has 0 aliphatic heterocycles. The van der Waals surface area contributed by atoms with Gasteiger partial charge in [0.2, 0.25) is 0 Å². The molecule has 0 aromatic heterocycles. The first kappa shape index (κ1) is 14.8. The molecule has 0 aliphatic carbocycles. The SMILES string of the molecule is C=C(CC(=O)OCC)C(=O)O.[Ba+2].[H-].[H-]. The number of carbonyl (C=O) groups excluding carboxylic acids is 1. The fraction of sp³-hybridized carbons (Fsp3) is 0.429. The molecule has 0 aliphatic rings. The topological polar surface area (TPSA) is 63.6 Å². The minimum Gasteiger partial charge on any atom is -1.00 e. The zero-order valence-electron chi connectivity index (χ0n) is 9.00. The van der Waals surface area contributed by atoms with E-state index in [1.54, 1.807) is 6.92 Å². The molecule has 4 nitrogen and oxygen atoms in total. The average Bonchev–Trinajstić information content (AvgIpc) is 1.87. The number of rotatable bonds is 4. The summed E-state index contributed by atoms with van der Waals surface area (Å²) in [6.07, 6.45) is -0.247. The largest absolute Gasteiger partial charge is 2.00 e. The van der Waals surface area contributed by atoms with Crippen LogP contribution in [0.1, 0.15) is 16.2 Å². The van der Waals surface area contributed by atoms with Gasteiger partial charge >= 0.3 is 60.8 Å². The minimum absolute atomic E-state index is 0. The Labute approximate surface area is 114 Å². The molecule has 12 heavy (non-hydrogen) atoms. The molecule has 0 saturated heterocycles. The molecule has 0 aromatic rings. The maximum atomic E-state index is 10.6. The van der Waals surface area contributed by atoms with Crippen LogP contribution in [-0.4, -0.2) is 72.5 Å². The maximum Gasteiger partial charge on any atom is 2.00 e. The van der Waals surface area contributed by atoms with Crippen LogP contribution >= 0.6 is 0 Å². The van der Waals surface area contributed by atoms with E-state index < -0.39 is 11.9 Å². The van der Waals surface area contributed by atoms with Gasteiger partial charge in [0.05, 0.1) is 13.0 Å². The number of ether oxygens (including phenoxy) is 1. The van der Waals surface area contributed by atoms with Crippen LogP contribution in [0.5, 0.6) is 0 Å². The van der Waals surface area contributed by atoms with Crippen molar-refractivity contribution in [2.75, 3.05) is 6.61 Å². The van der Waals surface area contributed by atoms with Crippen LogP contribution in [0.4, 0.5) is 0 Å². The van der Waals surface area contributed by atoms with E-state index >= 15 is 0 Å². The van der Waals surface area contributed by atoms with Gasteiger partial charge in [-0.2, -0.15) is 0 Å². The summed E-state index contributed by atoms with van der Waals surface area (Å²) >= 11 is 0. The number of hydrogen-bond acceptors (Lipinski definition) is 3. The van der Waals surface area contributed by atoms with E-state index in [0.717, 1.165) is 0 Å². The van der Waals surface area contributed by atoms with Crippen molar-refractivity contribution >= 4 is 60.8 Å². The second-order valence-corrected chi connectivity index (χ2v) is 1.89. The predicted molar refractivity (Wildman–Crippen MR) is 46.0 cm³/mol. The fourth-order valence-electron chi connectivity index (χ4n) is 0.462. The molecule has 1 N–H and O–H groups in total. The Hall–Kier alpha value is 0.251. The van der Waals surface area contributed by atoms with Gasteiger partial charge in [-0.25, -0.2) is 4.79 Å². The van der Waals surface area contributed by atoms with Gasteiger partial charge < -0.3 is 12.7 Å². The first-order valence-electron chi connectivity index (χ1n) is 3.14. The van der Waals surface area contributed by atoms with Crippen molar-refractivity contribution in [3.05, 3.63) is 12.2 Å². The van der Waals surface area contributed by atoms with Gasteiger partial charge in [0.15, 0.2) is 0 Å². The number of esters is 1. The third-order valence-electron chi connectivity index (χ3n) is 0.966. The number of carboxylic acid groups (broad SMARTS) is 1. The molecular formula is C7H12BaO4. The minimum atomic E-state index is -1.17. The number of aliphatic carboxylic acids is 1. The van der Waals surface area contributed by atoms with E-state index in [2.05, 4.69) is 11.3 Å². The van der Waals surface area contributed by atoms with Crippen LogP contribution in [0.25, 0.3) is 0 Å². The van der Waals surface area contributed by atoms with Crippen LogP contribution in [0.3, 0.4) is 0 Å². The average molecular weight is 297 g/mol. The molecule has 0 fully saturated rings. The zero-order chi connectivity index (χ0) is 8.85. The molecule has 0 spiro atoms. The number of carboxylic acids is 1. The molecule has 0 heterocycles. The molecule has 0 atom stereocenters. The Morgan fingerprint density at radius 1 is 1.58 bits per heavy atom. The molecule has 0 unspecified atom stereocenters. The van der Waals surface area contributed by atoms with Gasteiger partial charge in [0.1, 0.15) is 0 Å². The van der Waals surface area contributed by atoms with Crippen molar-refractivity contribution in [3.8, 4) is 0 Å². The van der Waals surface area contributed by atoms with E-state index in [4.69, 9.17) is 5.11 Å². The maximum absolute atomic E-state index is 10.6. The van der Waals surface area contributed by atoms with Gasteiger partial charge in [-0.15, -0.1) is 0 Å². The van der Waals surface area contributed by atoms with Crippen molar-refractivity contribution in [2.45, 2.75) is 13.3 Å². The van der Waals surface area contributed by atoms with Crippen molar-refractivity contribution in [1.82, 2.24) is 0 Å². The summed E-state index contributed by atoms with van der Waals surface area (Å²) in [5.41, 5.74) is -0.150. The Morgan fingerprint density at radius 2 is 2.08 bits per heavy atom. The molecule has 0 radical (unpaired) electrons. The summed E-state index contributed by atoms with van der Waals surface area (Å²) < 4.78 is 4.50. The van der Waals surface area contributed by atoms with Crippen LogP contribution < -0.4 is 0 Å². The Kier molecular flexibility index (Phi) is 9.69. The monoisotopic (exact) mass is 298 g/mol. The van der Waals surface area contributed by atoms with E-state index in [1.807, 2.05) is 0 Å². The molecule has 0 aromatic carbocycles. The number of hydrogen-bond donors (Lipinski definition) is 1. The summed E-state index contributed by atoms with van der Waals surface area (Å²) in [6, 6.07) is 0. The molecule has 5 heteroatoms. The van der Waals surface area contributed by atoms with Crippen LogP contribution in [0.2, 0.25) is 0 Å². The van der Waals surface area contributed by atoms with E-state index in [-0.39, 0.29) is 70.3 Å². The quantitative estimate of drug-likeness (QED) is 0.464. The van der Waals surface area contributed by atoms with E-state index in [0.29, 0.717) is 0 Å². The zero-order valence-corrected chi connectivity index (χ0v) is 11.4. The van der Waals surface area contributed by atoms with Gasteiger partial charge in [-0.05, 0) is 6.92 Å². The first-order chi connectivity index (χ1) is 5.07. The first-order valence-corrected chi connectivity index (χ1v) is 3.14. The van der Waals surface area contributed by atoms with Crippen molar-refractivity contribution < 1.29 is 22.3 Å². The molecule has 0 bridgehead atoms. The number of carbonyl (C=O) groups is 2. The summed E-state index contributed by atoms with van der Waals surface area (Å²) in [5, 5.41) is 8.29. The van der Waals surface area contributed by atoms with Crippen LogP contribution in [0.15, 0.2) is 12.2 Å². The van der Waals surface area contributed by atoms with E-state index in [1.165, 1.54) is 0 Å². The molecule has 0 saturated carbocycles. The summed E-state index contributed by atoms with van der Waals surface area (Å²) in [6.45, 7) is 5.09. The Bertz CT molecular complexity index is 196. The molecular weight excluding hydrogens is 285 g/mol. The van der Waals surface area contributed by atoms with Gasteiger partial charge in [-0.1, -0.05) is 6.58 Å². The normalized spacial score (nSPS) is 8.08. The van der Waals surface area contributed by atoms with Gasteiger partial charge in [-0.3, -0.25) is 4.79 Å². The Balaban J connectivity index is -0.000000167. The second-order valence-electron chi connectivity index (χ2n) is 1.89. The Morgan fingerprint density at radius 3 is 2.42 bits per heavy atom. The third-order valence-corrected chi connectivity index (χ3v) is 0.966. The summed E-state index contributed by atoms with van der Waals surface area (Å²) in [4.78, 5) is 20.7. The van der Waals surface area contributed by atoms with Crippen molar-refractivity contribution in [2.24, 2.45) is 0 Å². The smallest absolute Gasteiger partial charge is 1.00 e. The van der Waals surface area contributed by atoms with Gasteiger partial charge in [0.25, 0.3) is 0 Å². The van der Waals surface area contributed by atoms with Crippen molar-refractivity contribution in [1.29, 1.82) is 0 Å². The fourth-order valence-corrected chi connectivity index (χ4v) is 0.462. The summed E-state index contributed by atoms with van der Waals surface area (Å²) in [7, 11) is 0. The molecule has 0 rings (SSSR count). The van der Waals surface area contributed by atoms with E-state index in [9.17, 15) is 9.59 Å². The van der Waals surface area contributed by atoms with Gasteiger partial charge in [0, 0.05) is 5.57 Å². The van der Waals surface area contributed by atoms with Crippen molar-refractivity contribution in [3.63, 3.8) is 0 Å². The van der Waals surface area contributed by atoms with Crippen LogP contribution in [-0.2, 0) is 14.3 Å². The predicted octanol–water partition coefficient (Wildman–Crippen LogP) is 0.425. The second kappa shape index (κ2) is 7.88. The molecule has 66 valence electrons.